The molecule has 0 aromatic heterocycles. The van der Waals surface area contributed by atoms with Crippen LogP contribution in [0.5, 0.6) is 0 Å². The van der Waals surface area contributed by atoms with E-state index >= 15 is 0 Å². The Kier molecular flexibility index (Phi) is 6.18. The van der Waals surface area contributed by atoms with E-state index in [2.05, 4.69) is 5.32 Å². The predicted molar refractivity (Wildman–Crippen MR) is 121 cm³/mol. The van der Waals surface area contributed by atoms with Crippen molar-refractivity contribution >= 4 is 46.5 Å². The molecule has 1 atom stereocenters. The van der Waals surface area contributed by atoms with Crippen molar-refractivity contribution in [2.45, 2.75) is 38.3 Å². The fourth-order valence-electron chi connectivity index (χ4n) is 3.68. The van der Waals surface area contributed by atoms with E-state index in [0.717, 1.165) is 12.8 Å². The quantitative estimate of drug-likeness (QED) is 0.509. The molecule has 1 N–H and O–H groups in total. The monoisotopic (exact) mass is 455 g/mol. The number of carbonyl (C=O) groups excluding carboxylic acids is 3. The van der Waals surface area contributed by atoms with Gasteiger partial charge in [0.05, 0.1) is 24.3 Å². The molecule has 2 aliphatic rings. The second-order valence-corrected chi connectivity index (χ2v) is 8.00. The van der Waals surface area contributed by atoms with Gasteiger partial charge in [0.1, 0.15) is 11.9 Å². The Labute approximate surface area is 190 Å². The lowest BCUT2D eigenvalue weighted by Crippen LogP contribution is -2.39. The first-order valence-electron chi connectivity index (χ1n) is 10.4. The molecular weight excluding hydrogens is 433 g/mol. The van der Waals surface area contributed by atoms with E-state index in [9.17, 15) is 18.8 Å². The SMILES string of the molecule is CCOC(=O)c1ccc(NC(=O)C[C@@H]2C(=O)N(c3ccc(F)cc3)C(=S)N2C2CC2)cc1. The fraction of sp³-hybridized carbons (Fsp3) is 0.304. The number of rotatable bonds is 7. The van der Waals surface area contributed by atoms with Gasteiger partial charge in [-0.2, -0.15) is 0 Å². The Morgan fingerprint density at radius 2 is 1.78 bits per heavy atom. The van der Waals surface area contributed by atoms with Crippen molar-refractivity contribution in [3.05, 3.63) is 59.9 Å². The average molecular weight is 456 g/mol. The molecule has 9 heteroatoms. The summed E-state index contributed by atoms with van der Waals surface area (Å²) in [6.45, 7) is 2.01. The molecule has 1 aliphatic carbocycles. The molecule has 2 amide bonds. The smallest absolute Gasteiger partial charge is 0.338 e. The van der Waals surface area contributed by atoms with E-state index in [0.29, 0.717) is 22.1 Å². The third-order valence-electron chi connectivity index (χ3n) is 5.34. The summed E-state index contributed by atoms with van der Waals surface area (Å²) in [5, 5.41) is 3.10. The highest BCUT2D eigenvalue weighted by Gasteiger charge is 2.49. The Bertz CT molecular complexity index is 1050. The first-order valence-corrected chi connectivity index (χ1v) is 10.8. The summed E-state index contributed by atoms with van der Waals surface area (Å²) < 4.78 is 18.3. The second-order valence-electron chi connectivity index (χ2n) is 7.64. The largest absolute Gasteiger partial charge is 0.462 e. The van der Waals surface area contributed by atoms with E-state index in [1.54, 1.807) is 31.2 Å². The number of esters is 1. The lowest BCUT2D eigenvalue weighted by Gasteiger charge is -2.23. The van der Waals surface area contributed by atoms with Crippen LogP contribution >= 0.6 is 12.2 Å². The van der Waals surface area contributed by atoms with Gasteiger partial charge in [-0.05, 0) is 80.5 Å². The average Bonchev–Trinajstić information content (AvgIpc) is 3.57. The van der Waals surface area contributed by atoms with E-state index in [-0.39, 0.29) is 30.9 Å². The van der Waals surface area contributed by atoms with Crippen LogP contribution < -0.4 is 10.2 Å². The summed E-state index contributed by atoms with van der Waals surface area (Å²) in [5.41, 5.74) is 1.37. The zero-order valence-corrected chi connectivity index (χ0v) is 18.2. The van der Waals surface area contributed by atoms with Crippen LogP contribution in [0, 0.1) is 5.82 Å². The number of nitrogens with zero attached hydrogens (tertiary/aromatic N) is 2. The van der Waals surface area contributed by atoms with Gasteiger partial charge in [-0.15, -0.1) is 0 Å². The molecule has 2 aromatic rings. The van der Waals surface area contributed by atoms with E-state index in [1.165, 1.54) is 29.2 Å². The van der Waals surface area contributed by atoms with E-state index in [4.69, 9.17) is 17.0 Å². The van der Waals surface area contributed by atoms with Crippen molar-refractivity contribution in [1.29, 1.82) is 0 Å². The van der Waals surface area contributed by atoms with Crippen molar-refractivity contribution in [3.8, 4) is 0 Å². The van der Waals surface area contributed by atoms with Crippen molar-refractivity contribution in [2.24, 2.45) is 0 Å². The number of amides is 2. The van der Waals surface area contributed by atoms with Crippen LogP contribution in [0.3, 0.4) is 0 Å². The highest BCUT2D eigenvalue weighted by atomic mass is 32.1. The molecule has 0 radical (unpaired) electrons. The number of hydrogen-bond donors (Lipinski definition) is 1. The van der Waals surface area contributed by atoms with Crippen LogP contribution in [0.4, 0.5) is 15.8 Å². The van der Waals surface area contributed by atoms with Crippen molar-refractivity contribution in [1.82, 2.24) is 4.90 Å². The minimum Gasteiger partial charge on any atom is -0.462 e. The van der Waals surface area contributed by atoms with Crippen LogP contribution in [0.15, 0.2) is 48.5 Å². The van der Waals surface area contributed by atoms with Crippen molar-refractivity contribution < 1.29 is 23.5 Å². The number of thiocarbonyl (C=S) groups is 1. The van der Waals surface area contributed by atoms with Gasteiger partial charge in [0.15, 0.2) is 5.11 Å². The molecule has 1 saturated carbocycles. The minimum absolute atomic E-state index is 0.0766. The molecule has 166 valence electrons. The van der Waals surface area contributed by atoms with Gasteiger partial charge in [-0.25, -0.2) is 9.18 Å². The Morgan fingerprint density at radius 1 is 1.12 bits per heavy atom. The lowest BCUT2D eigenvalue weighted by atomic mass is 10.1. The summed E-state index contributed by atoms with van der Waals surface area (Å²) in [5.74, 6) is -1.49. The molecule has 0 spiro atoms. The number of ether oxygens (including phenoxy) is 1. The first kappa shape index (κ1) is 21.9. The van der Waals surface area contributed by atoms with Gasteiger partial charge >= 0.3 is 5.97 Å². The number of nitrogens with one attached hydrogen (secondary N) is 1. The minimum atomic E-state index is -0.723. The number of halogens is 1. The predicted octanol–water partition coefficient (Wildman–Crippen LogP) is 3.50. The Hall–Kier alpha value is -3.33. The molecule has 2 aromatic carbocycles. The molecule has 2 fully saturated rings. The van der Waals surface area contributed by atoms with Gasteiger partial charge in [0.25, 0.3) is 5.91 Å². The zero-order chi connectivity index (χ0) is 22.8. The molecule has 32 heavy (non-hydrogen) atoms. The van der Waals surface area contributed by atoms with Crippen LogP contribution in [0.2, 0.25) is 0 Å². The topological polar surface area (TPSA) is 78.9 Å². The molecule has 1 heterocycles. The lowest BCUT2D eigenvalue weighted by molar-refractivity contribution is -0.124. The van der Waals surface area contributed by atoms with Crippen LogP contribution in [-0.4, -0.2) is 46.5 Å². The maximum absolute atomic E-state index is 13.3. The van der Waals surface area contributed by atoms with Crippen molar-refractivity contribution in [2.75, 3.05) is 16.8 Å². The number of hydrogen-bond acceptors (Lipinski definition) is 5. The molecule has 1 saturated heterocycles. The number of anilines is 2. The van der Waals surface area contributed by atoms with Crippen LogP contribution in [0.1, 0.15) is 36.5 Å². The summed E-state index contributed by atoms with van der Waals surface area (Å²) in [7, 11) is 0. The summed E-state index contributed by atoms with van der Waals surface area (Å²) in [6.07, 6.45) is 1.73. The molecule has 4 rings (SSSR count). The summed E-state index contributed by atoms with van der Waals surface area (Å²) >= 11 is 5.55. The fourth-order valence-corrected chi connectivity index (χ4v) is 4.15. The zero-order valence-electron chi connectivity index (χ0n) is 17.4. The molecule has 0 unspecified atom stereocenters. The van der Waals surface area contributed by atoms with E-state index < -0.39 is 17.8 Å². The molecular formula is C23H22FN3O4S. The van der Waals surface area contributed by atoms with Crippen molar-refractivity contribution in [3.63, 3.8) is 0 Å². The number of benzene rings is 2. The van der Waals surface area contributed by atoms with Gasteiger partial charge < -0.3 is 15.0 Å². The normalized spacial score (nSPS) is 18.1. The maximum Gasteiger partial charge on any atom is 0.338 e. The Morgan fingerprint density at radius 3 is 2.38 bits per heavy atom. The van der Waals surface area contributed by atoms with Gasteiger partial charge in [0, 0.05) is 11.7 Å². The molecule has 7 nitrogen and oxygen atoms in total. The second kappa shape index (κ2) is 9.04. The molecule has 1 aliphatic heterocycles. The van der Waals surface area contributed by atoms with Gasteiger partial charge in [-0.1, -0.05) is 0 Å². The van der Waals surface area contributed by atoms with E-state index in [1.807, 2.05) is 4.90 Å². The van der Waals surface area contributed by atoms with Crippen LogP contribution in [0.25, 0.3) is 0 Å². The summed E-state index contributed by atoms with van der Waals surface area (Å²) in [4.78, 5) is 40.9. The molecule has 0 bridgehead atoms. The first-order chi connectivity index (χ1) is 15.4. The van der Waals surface area contributed by atoms with Crippen LogP contribution in [-0.2, 0) is 14.3 Å². The summed E-state index contributed by atoms with van der Waals surface area (Å²) in [6, 6.07) is 11.3. The third kappa shape index (κ3) is 4.47. The Balaban J connectivity index is 1.46. The van der Waals surface area contributed by atoms with Gasteiger partial charge in [0.2, 0.25) is 5.91 Å². The standard InChI is InChI=1S/C23H22FN3O4S/c1-2-31-22(30)14-3-7-16(8-4-14)25-20(28)13-19-21(29)27(18-9-5-15(24)6-10-18)23(32)26(19)17-11-12-17/h3-10,17,19H,2,11-13H2,1H3,(H,25,28)/t19-/m1/s1. The third-order valence-corrected chi connectivity index (χ3v) is 5.73. The number of carbonyl (C=O) groups is 3. The van der Waals surface area contributed by atoms with Gasteiger partial charge in [-0.3, -0.25) is 14.5 Å². The highest BCUT2D eigenvalue weighted by molar-refractivity contribution is 7.80. The highest BCUT2D eigenvalue weighted by Crippen LogP contribution is 2.37. The maximum atomic E-state index is 13.3.